The molecule has 1 saturated heterocycles. The van der Waals surface area contributed by atoms with Gasteiger partial charge in [-0.05, 0) is 26.7 Å². The minimum atomic E-state index is -1.29. The lowest BCUT2D eigenvalue weighted by Gasteiger charge is -2.44. The zero-order valence-corrected chi connectivity index (χ0v) is 13.0. The Bertz CT molecular complexity index is 395. The van der Waals surface area contributed by atoms with Gasteiger partial charge in [0.25, 0.3) is 0 Å². The third-order valence-electron chi connectivity index (χ3n) is 3.87. The summed E-state index contributed by atoms with van der Waals surface area (Å²) in [5, 5.41) is 19.0. The van der Waals surface area contributed by atoms with Crippen LogP contribution in [0, 0.1) is 5.41 Å². The molecule has 7 nitrogen and oxygen atoms in total. The van der Waals surface area contributed by atoms with E-state index in [2.05, 4.69) is 0 Å². The van der Waals surface area contributed by atoms with E-state index in [4.69, 9.17) is 0 Å². The summed E-state index contributed by atoms with van der Waals surface area (Å²) in [6.07, 6.45) is -1.24. The molecule has 0 saturated carbocycles. The summed E-state index contributed by atoms with van der Waals surface area (Å²) < 4.78 is 0. The molecule has 0 bridgehead atoms. The molecule has 120 valence electrons. The highest BCUT2D eigenvalue weighted by atomic mass is 16.3. The quantitative estimate of drug-likeness (QED) is 0.690. The first-order chi connectivity index (χ1) is 9.71. The van der Waals surface area contributed by atoms with E-state index in [1.165, 1.54) is 13.8 Å². The van der Waals surface area contributed by atoms with E-state index in [9.17, 15) is 24.6 Å². The molecule has 0 aromatic carbocycles. The third kappa shape index (κ3) is 3.08. The van der Waals surface area contributed by atoms with Crippen LogP contribution in [0.3, 0.4) is 0 Å². The number of imide groups is 2. The van der Waals surface area contributed by atoms with Gasteiger partial charge in [0.15, 0.2) is 0 Å². The lowest BCUT2D eigenvalue weighted by molar-refractivity contribution is -0.161. The summed E-state index contributed by atoms with van der Waals surface area (Å²) in [5.74, 6) is -1.13. The van der Waals surface area contributed by atoms with Crippen molar-refractivity contribution in [3.8, 4) is 0 Å². The number of nitrogens with zero attached hydrogens (tertiary/aromatic N) is 2. The van der Waals surface area contributed by atoms with Crippen LogP contribution in [0.25, 0.3) is 0 Å². The predicted octanol–water partition coefficient (Wildman–Crippen LogP) is 0.345. The van der Waals surface area contributed by atoms with Crippen LogP contribution < -0.4 is 0 Å². The van der Waals surface area contributed by atoms with Crippen LogP contribution in [0.2, 0.25) is 0 Å². The van der Waals surface area contributed by atoms with E-state index in [1.807, 2.05) is 0 Å². The highest BCUT2D eigenvalue weighted by Gasteiger charge is 2.55. The maximum Gasteiger partial charge on any atom is 0.333 e. The third-order valence-corrected chi connectivity index (χ3v) is 3.87. The summed E-state index contributed by atoms with van der Waals surface area (Å²) in [4.78, 5) is 39.3. The second kappa shape index (κ2) is 6.53. The minimum absolute atomic E-state index is 0.164. The van der Waals surface area contributed by atoms with E-state index in [0.717, 1.165) is 9.80 Å². The van der Waals surface area contributed by atoms with E-state index >= 15 is 0 Å². The number of β-amino-alcohol motifs (C(OH)–C–C–N with tert-alkyl or cyclic N) is 2. The first-order valence-corrected chi connectivity index (χ1v) is 7.25. The summed E-state index contributed by atoms with van der Waals surface area (Å²) in [5.41, 5.74) is -1.29. The topological polar surface area (TPSA) is 98.2 Å². The van der Waals surface area contributed by atoms with Gasteiger partial charge >= 0.3 is 6.03 Å². The Morgan fingerprint density at radius 3 is 1.48 bits per heavy atom. The predicted molar refractivity (Wildman–Crippen MR) is 75.2 cm³/mol. The first-order valence-electron chi connectivity index (χ1n) is 7.25. The second-order valence-electron chi connectivity index (χ2n) is 5.60. The van der Waals surface area contributed by atoms with Gasteiger partial charge in [-0.1, -0.05) is 13.8 Å². The van der Waals surface area contributed by atoms with Gasteiger partial charge in [0, 0.05) is 0 Å². The van der Waals surface area contributed by atoms with Gasteiger partial charge in [-0.3, -0.25) is 19.4 Å². The molecule has 21 heavy (non-hydrogen) atoms. The van der Waals surface area contributed by atoms with Gasteiger partial charge in [0.1, 0.15) is 5.41 Å². The SMILES string of the molecule is CCC1(CC)C(=O)N(CC(C)O)C(=O)N(CC(C)O)C1=O. The number of aliphatic hydroxyl groups is 2. The summed E-state index contributed by atoms with van der Waals surface area (Å²) in [7, 11) is 0. The van der Waals surface area contributed by atoms with Crippen molar-refractivity contribution in [2.45, 2.75) is 52.7 Å². The van der Waals surface area contributed by atoms with Crippen LogP contribution in [-0.4, -0.2) is 63.2 Å². The van der Waals surface area contributed by atoms with Crippen molar-refractivity contribution in [2.75, 3.05) is 13.1 Å². The van der Waals surface area contributed by atoms with Gasteiger partial charge in [-0.2, -0.15) is 0 Å². The highest BCUT2D eigenvalue weighted by Crippen LogP contribution is 2.36. The molecule has 1 rings (SSSR count). The molecular weight excluding hydrogens is 276 g/mol. The molecule has 1 aliphatic rings. The average Bonchev–Trinajstić information content (AvgIpc) is 2.41. The molecule has 0 aromatic rings. The fourth-order valence-electron chi connectivity index (χ4n) is 2.63. The Morgan fingerprint density at radius 1 is 0.905 bits per heavy atom. The monoisotopic (exact) mass is 300 g/mol. The fourth-order valence-corrected chi connectivity index (χ4v) is 2.63. The Kier molecular flexibility index (Phi) is 5.47. The molecule has 1 heterocycles. The number of aliphatic hydroxyl groups excluding tert-OH is 2. The number of hydrogen-bond acceptors (Lipinski definition) is 5. The number of hydrogen-bond donors (Lipinski definition) is 2. The second-order valence-corrected chi connectivity index (χ2v) is 5.60. The highest BCUT2D eigenvalue weighted by molar-refractivity contribution is 6.19. The van der Waals surface area contributed by atoms with Crippen LogP contribution in [-0.2, 0) is 9.59 Å². The average molecular weight is 300 g/mol. The summed E-state index contributed by atoms with van der Waals surface area (Å²) in [6, 6.07) is -0.774. The van der Waals surface area contributed by atoms with E-state index in [1.54, 1.807) is 13.8 Å². The van der Waals surface area contributed by atoms with E-state index in [0.29, 0.717) is 0 Å². The normalized spacial score (nSPS) is 21.7. The van der Waals surface area contributed by atoms with Crippen LogP contribution in [0.4, 0.5) is 4.79 Å². The first kappa shape index (κ1) is 17.6. The van der Waals surface area contributed by atoms with Gasteiger partial charge in [0.05, 0.1) is 25.3 Å². The van der Waals surface area contributed by atoms with Crippen LogP contribution in [0.1, 0.15) is 40.5 Å². The van der Waals surface area contributed by atoms with Crippen molar-refractivity contribution in [1.82, 2.24) is 9.80 Å². The van der Waals surface area contributed by atoms with Gasteiger partial charge < -0.3 is 10.2 Å². The maximum atomic E-state index is 12.6. The number of carbonyl (C=O) groups excluding carboxylic acids is 3. The maximum absolute atomic E-state index is 12.6. The molecule has 1 aliphatic heterocycles. The molecule has 2 atom stereocenters. The van der Waals surface area contributed by atoms with Crippen molar-refractivity contribution < 1.29 is 24.6 Å². The van der Waals surface area contributed by atoms with Crippen LogP contribution in [0.15, 0.2) is 0 Å². The Morgan fingerprint density at radius 2 is 1.24 bits per heavy atom. The van der Waals surface area contributed by atoms with Crippen LogP contribution in [0.5, 0.6) is 0 Å². The number of carbonyl (C=O) groups is 3. The number of rotatable bonds is 6. The van der Waals surface area contributed by atoms with Gasteiger partial charge in [-0.25, -0.2) is 4.79 Å². The van der Waals surface area contributed by atoms with Crippen molar-refractivity contribution in [1.29, 1.82) is 0 Å². The lowest BCUT2D eigenvalue weighted by Crippen LogP contribution is -2.66. The molecule has 0 spiro atoms. The van der Waals surface area contributed by atoms with Crippen molar-refractivity contribution >= 4 is 17.8 Å². The zero-order chi connectivity index (χ0) is 16.4. The number of barbiturate groups is 1. The molecular formula is C14H24N2O5. The Balaban J connectivity index is 3.27. The molecule has 4 amide bonds. The van der Waals surface area contributed by atoms with Crippen LogP contribution >= 0.6 is 0 Å². The molecule has 7 heteroatoms. The Labute approximate surface area is 124 Å². The minimum Gasteiger partial charge on any atom is -0.392 e. The largest absolute Gasteiger partial charge is 0.392 e. The zero-order valence-electron chi connectivity index (χ0n) is 13.0. The summed E-state index contributed by atoms with van der Waals surface area (Å²) in [6.45, 7) is 6.05. The molecule has 0 radical (unpaired) electrons. The van der Waals surface area contributed by atoms with E-state index in [-0.39, 0.29) is 25.9 Å². The Hall–Kier alpha value is -1.47. The lowest BCUT2D eigenvalue weighted by atomic mass is 9.78. The fraction of sp³-hybridized carbons (Fsp3) is 0.786. The number of amides is 4. The molecule has 1 fully saturated rings. The molecule has 0 aliphatic carbocycles. The van der Waals surface area contributed by atoms with E-state index < -0.39 is 35.5 Å². The number of urea groups is 1. The van der Waals surface area contributed by atoms with Gasteiger partial charge in [-0.15, -0.1) is 0 Å². The van der Waals surface area contributed by atoms with Gasteiger partial charge in [0.2, 0.25) is 11.8 Å². The smallest absolute Gasteiger partial charge is 0.333 e. The van der Waals surface area contributed by atoms with Crippen molar-refractivity contribution in [3.63, 3.8) is 0 Å². The molecule has 0 aromatic heterocycles. The summed E-state index contributed by atoms with van der Waals surface area (Å²) >= 11 is 0. The molecule has 2 N–H and O–H groups in total. The van der Waals surface area contributed by atoms with Crippen molar-refractivity contribution in [3.05, 3.63) is 0 Å². The molecule has 2 unspecified atom stereocenters. The standard InChI is InChI=1S/C14H24N2O5/c1-5-14(6-2)11(19)15(7-9(3)17)13(21)16(12(14)20)8-10(4)18/h9-10,17-18H,5-8H2,1-4H3. The van der Waals surface area contributed by atoms with Crippen molar-refractivity contribution in [2.24, 2.45) is 5.41 Å².